The summed E-state index contributed by atoms with van der Waals surface area (Å²) in [5.41, 5.74) is 0.212. The molecule has 24 heavy (non-hydrogen) atoms. The first-order valence-electron chi connectivity index (χ1n) is 7.18. The van der Waals surface area contributed by atoms with Gasteiger partial charge in [-0.15, -0.1) is 0 Å². The molecule has 1 atom stereocenters. The zero-order valence-electron chi connectivity index (χ0n) is 12.4. The standard InChI is InChI=1S/C18H13ClFO3S/c19-16-11-15(13-7-3-1-4-8-13)18(20,21)12-17(16)24(22,23)14-9-5-2-6-10-14/h1-11H,12H2. The van der Waals surface area contributed by atoms with Crippen LogP contribution in [-0.2, 0) is 14.9 Å². The first-order valence-corrected chi connectivity index (χ1v) is 9.04. The summed E-state index contributed by atoms with van der Waals surface area (Å²) < 4.78 is 40.0. The number of benzene rings is 2. The van der Waals surface area contributed by atoms with Crippen LogP contribution in [0.4, 0.5) is 4.39 Å². The van der Waals surface area contributed by atoms with Gasteiger partial charge in [0, 0.05) is 5.57 Å². The number of alkyl halides is 1. The first-order chi connectivity index (χ1) is 11.3. The van der Waals surface area contributed by atoms with E-state index in [0.717, 1.165) is 6.08 Å². The molecule has 3 rings (SSSR count). The highest BCUT2D eigenvalue weighted by atomic mass is 35.5. The fourth-order valence-corrected chi connectivity index (χ4v) is 4.55. The maximum Gasteiger partial charge on any atom is 0.271 e. The molecule has 0 aliphatic heterocycles. The lowest BCUT2D eigenvalue weighted by molar-refractivity contribution is -0.0877. The van der Waals surface area contributed by atoms with Crippen LogP contribution in [0.15, 0.2) is 81.6 Å². The van der Waals surface area contributed by atoms with E-state index in [2.05, 4.69) is 0 Å². The minimum Gasteiger partial charge on any atom is -0.219 e. The molecule has 0 saturated heterocycles. The Balaban J connectivity index is 2.13. The number of sulfone groups is 1. The molecule has 1 unspecified atom stereocenters. The lowest BCUT2D eigenvalue weighted by atomic mass is 9.92. The Labute approximate surface area is 144 Å². The highest BCUT2D eigenvalue weighted by Gasteiger charge is 2.43. The fraction of sp³-hybridized carbons (Fsp3) is 0.111. The van der Waals surface area contributed by atoms with E-state index < -0.39 is 27.0 Å². The van der Waals surface area contributed by atoms with Crippen molar-refractivity contribution in [2.75, 3.05) is 0 Å². The van der Waals surface area contributed by atoms with Crippen LogP contribution >= 0.6 is 11.6 Å². The number of rotatable bonds is 3. The maximum absolute atomic E-state index is 14.7. The van der Waals surface area contributed by atoms with Gasteiger partial charge in [0.1, 0.15) is 0 Å². The first kappa shape index (κ1) is 16.9. The lowest BCUT2D eigenvalue weighted by Gasteiger charge is -2.26. The Hall–Kier alpha value is -1.95. The van der Waals surface area contributed by atoms with Crippen molar-refractivity contribution in [2.24, 2.45) is 0 Å². The van der Waals surface area contributed by atoms with E-state index in [1.165, 1.54) is 12.1 Å². The second-order valence-corrected chi connectivity index (χ2v) is 7.80. The molecule has 0 aromatic heterocycles. The smallest absolute Gasteiger partial charge is 0.219 e. The molecule has 0 fully saturated rings. The highest BCUT2D eigenvalue weighted by Crippen LogP contribution is 2.44. The molecule has 123 valence electrons. The van der Waals surface area contributed by atoms with Crippen molar-refractivity contribution in [2.45, 2.75) is 17.2 Å². The summed E-state index contributed by atoms with van der Waals surface area (Å²) in [6.07, 6.45) is 0.271. The van der Waals surface area contributed by atoms with Crippen molar-refractivity contribution in [1.29, 1.82) is 0 Å². The van der Waals surface area contributed by atoms with E-state index in [9.17, 15) is 17.9 Å². The molecular formula is C18H13ClFO3S. The molecule has 0 heterocycles. The summed E-state index contributed by atoms with van der Waals surface area (Å²) in [6, 6.07) is 15.8. The van der Waals surface area contributed by atoms with Crippen LogP contribution in [0, 0.1) is 0 Å². The van der Waals surface area contributed by atoms with Crippen LogP contribution in [0.3, 0.4) is 0 Å². The Morgan fingerprint density at radius 3 is 2.08 bits per heavy atom. The molecule has 6 heteroatoms. The Bertz CT molecular complexity index is 917. The maximum atomic E-state index is 14.7. The van der Waals surface area contributed by atoms with Gasteiger partial charge in [0.2, 0.25) is 9.84 Å². The number of allylic oxidation sites excluding steroid dienone is 2. The monoisotopic (exact) mass is 363 g/mol. The van der Waals surface area contributed by atoms with E-state index in [1.54, 1.807) is 48.5 Å². The predicted molar refractivity (Wildman–Crippen MR) is 90.1 cm³/mol. The van der Waals surface area contributed by atoms with Crippen molar-refractivity contribution in [3.8, 4) is 0 Å². The zero-order valence-corrected chi connectivity index (χ0v) is 14.0. The Morgan fingerprint density at radius 2 is 1.50 bits per heavy atom. The van der Waals surface area contributed by atoms with Gasteiger partial charge in [0.25, 0.3) is 5.85 Å². The number of hydrogen-bond acceptors (Lipinski definition) is 2. The summed E-state index contributed by atoms with van der Waals surface area (Å²) in [5.74, 6) is -3.07. The molecule has 0 bridgehead atoms. The van der Waals surface area contributed by atoms with E-state index in [0.29, 0.717) is 5.56 Å². The highest BCUT2D eigenvalue weighted by molar-refractivity contribution is 7.95. The summed E-state index contributed by atoms with van der Waals surface area (Å²) in [7, 11) is -4.02. The van der Waals surface area contributed by atoms with E-state index >= 15 is 0 Å². The van der Waals surface area contributed by atoms with Crippen LogP contribution in [0.5, 0.6) is 0 Å². The minimum absolute atomic E-state index is 0.0227. The molecule has 0 amide bonds. The molecule has 3 nitrogen and oxygen atoms in total. The van der Waals surface area contributed by atoms with Crippen molar-refractivity contribution in [3.05, 3.63) is 82.2 Å². The van der Waals surface area contributed by atoms with Crippen molar-refractivity contribution in [3.63, 3.8) is 0 Å². The van der Waals surface area contributed by atoms with Gasteiger partial charge in [-0.1, -0.05) is 60.1 Å². The second-order valence-electron chi connectivity index (χ2n) is 5.42. The molecular weight excluding hydrogens is 351 g/mol. The Morgan fingerprint density at radius 1 is 0.958 bits per heavy atom. The topological polar surface area (TPSA) is 54.0 Å². The van der Waals surface area contributed by atoms with E-state index in [1.807, 2.05) is 0 Å². The van der Waals surface area contributed by atoms with E-state index in [4.69, 9.17) is 11.6 Å². The van der Waals surface area contributed by atoms with Crippen LogP contribution in [0.25, 0.3) is 5.57 Å². The van der Waals surface area contributed by atoms with Crippen LogP contribution in [0.2, 0.25) is 0 Å². The third-order valence-corrected chi connectivity index (χ3v) is 6.15. The van der Waals surface area contributed by atoms with Crippen LogP contribution in [0.1, 0.15) is 12.0 Å². The van der Waals surface area contributed by atoms with Gasteiger partial charge >= 0.3 is 0 Å². The molecule has 0 saturated carbocycles. The van der Waals surface area contributed by atoms with Gasteiger partial charge in [-0.3, -0.25) is 0 Å². The molecule has 2 aromatic carbocycles. The third-order valence-electron chi connectivity index (χ3n) is 3.79. The quantitative estimate of drug-likeness (QED) is 0.806. The zero-order chi connectivity index (χ0) is 17.4. The third kappa shape index (κ3) is 3.02. The summed E-state index contributed by atoms with van der Waals surface area (Å²) >= 11 is 6.11. The van der Waals surface area contributed by atoms with Crippen LogP contribution in [-0.4, -0.2) is 14.3 Å². The van der Waals surface area contributed by atoms with Crippen molar-refractivity contribution < 1.29 is 17.9 Å². The van der Waals surface area contributed by atoms with Gasteiger partial charge in [-0.2, -0.15) is 5.11 Å². The number of hydrogen-bond donors (Lipinski definition) is 0. The van der Waals surface area contributed by atoms with Gasteiger partial charge in [0.05, 0.1) is 21.3 Å². The summed E-state index contributed by atoms with van der Waals surface area (Å²) in [6.45, 7) is 0. The van der Waals surface area contributed by atoms with Crippen LogP contribution < -0.4 is 0 Å². The molecule has 1 aliphatic rings. The van der Waals surface area contributed by atoms with E-state index in [-0.39, 0.29) is 15.5 Å². The minimum atomic E-state index is -4.02. The van der Waals surface area contributed by atoms with Gasteiger partial charge in [-0.05, 0) is 23.8 Å². The predicted octanol–water partition coefficient (Wildman–Crippen LogP) is 4.49. The largest absolute Gasteiger partial charge is 0.271 e. The molecule has 1 radical (unpaired) electrons. The number of halogens is 2. The molecule has 0 spiro atoms. The second kappa shape index (κ2) is 6.16. The fourth-order valence-electron chi connectivity index (χ4n) is 2.58. The normalized spacial score (nSPS) is 21.5. The lowest BCUT2D eigenvalue weighted by Crippen LogP contribution is -2.28. The molecule has 0 N–H and O–H groups in total. The SMILES string of the molecule is [O]C1(F)CC(S(=O)(=O)c2ccccc2)=C(Cl)C=C1c1ccccc1. The van der Waals surface area contributed by atoms with Gasteiger partial charge in [-0.25, -0.2) is 12.8 Å². The van der Waals surface area contributed by atoms with Crippen molar-refractivity contribution >= 4 is 27.0 Å². The summed E-state index contributed by atoms with van der Waals surface area (Å²) in [5, 5.41) is 12.3. The summed E-state index contributed by atoms with van der Waals surface area (Å²) in [4.78, 5) is -0.418. The molecule has 1 aliphatic carbocycles. The Kier molecular flexibility index (Phi) is 4.34. The molecule has 2 aromatic rings. The van der Waals surface area contributed by atoms with Crippen molar-refractivity contribution in [1.82, 2.24) is 0 Å². The average Bonchev–Trinajstić information content (AvgIpc) is 2.58. The average molecular weight is 364 g/mol. The van der Waals surface area contributed by atoms with Gasteiger partial charge < -0.3 is 0 Å². The van der Waals surface area contributed by atoms with Gasteiger partial charge in [0.15, 0.2) is 0 Å².